The van der Waals surface area contributed by atoms with E-state index in [0.29, 0.717) is 0 Å². The smallest absolute Gasteiger partial charge is 0.0562 e. The summed E-state index contributed by atoms with van der Waals surface area (Å²) in [6, 6.07) is 203. The number of benzene rings is 27. The SMILES string of the molecule is c1ccc(-c2ccc(-n3c4ccccc4c4ccc(N(c5ccccc5)c5cccc6c7ccccc7c7ccccc7c56)cc43)cc2)cc1.c1ccc(N(c2ccc3c4ccccc4n(-c4ccc5ccccc5c4)c3c2)c2cccc3c4ccccc4c4ccccc4c23)cc1.c1ccc(N(c2ccc3c4ccccc4n(-c4cccc5ccccc45)c3c2)c2cccc3c4ccccc4c4ccccc4c23)cc1. The van der Waals surface area contributed by atoms with Crippen LogP contribution in [0.5, 0.6) is 0 Å². The average molecular weight is 1860 g/mol. The maximum Gasteiger partial charge on any atom is 0.0562 e. The highest BCUT2D eigenvalue weighted by molar-refractivity contribution is 6.32. The van der Waals surface area contributed by atoms with Crippen molar-refractivity contribution >= 4 is 235 Å². The fourth-order valence-corrected chi connectivity index (χ4v) is 23.6. The van der Waals surface area contributed by atoms with E-state index in [1.807, 2.05) is 0 Å². The van der Waals surface area contributed by atoms with Gasteiger partial charge in [0.05, 0.1) is 55.8 Å². The van der Waals surface area contributed by atoms with Crippen LogP contribution in [0.3, 0.4) is 0 Å². The van der Waals surface area contributed by atoms with Crippen LogP contribution < -0.4 is 14.7 Å². The van der Waals surface area contributed by atoms with Gasteiger partial charge in [-0.2, -0.15) is 0 Å². The van der Waals surface area contributed by atoms with Crippen LogP contribution in [-0.2, 0) is 0 Å². The normalized spacial score (nSPS) is 11.7. The minimum absolute atomic E-state index is 1.11. The van der Waals surface area contributed by atoms with Crippen LogP contribution in [0, 0.1) is 0 Å². The summed E-state index contributed by atoms with van der Waals surface area (Å²) >= 11 is 0. The van der Waals surface area contributed by atoms with Crippen molar-refractivity contribution in [1.29, 1.82) is 0 Å². The number of hydrogen-bond donors (Lipinski definition) is 0. The van der Waals surface area contributed by atoms with Gasteiger partial charge in [0.1, 0.15) is 0 Å². The van der Waals surface area contributed by atoms with Crippen molar-refractivity contribution in [2.75, 3.05) is 14.7 Å². The van der Waals surface area contributed by atoms with Crippen LogP contribution in [0.1, 0.15) is 0 Å². The molecule has 0 bridgehead atoms. The summed E-state index contributed by atoms with van der Waals surface area (Å²) in [7, 11) is 0. The Morgan fingerprint density at radius 2 is 0.377 bits per heavy atom. The van der Waals surface area contributed by atoms with Gasteiger partial charge >= 0.3 is 0 Å². The van der Waals surface area contributed by atoms with Crippen molar-refractivity contribution in [2.45, 2.75) is 0 Å². The molecular weight excluding hydrogens is 1770 g/mol. The molecule has 0 radical (unpaired) electrons. The number of aromatic nitrogens is 3. The highest BCUT2D eigenvalue weighted by Crippen LogP contribution is 2.52. The molecule has 3 heterocycles. The highest BCUT2D eigenvalue weighted by atomic mass is 15.2. The van der Waals surface area contributed by atoms with Gasteiger partial charge in [-0.25, -0.2) is 0 Å². The minimum Gasteiger partial charge on any atom is -0.310 e. The van der Waals surface area contributed by atoms with Crippen molar-refractivity contribution in [3.63, 3.8) is 0 Å². The van der Waals surface area contributed by atoms with Crippen molar-refractivity contribution < 1.29 is 0 Å². The lowest BCUT2D eigenvalue weighted by Crippen LogP contribution is -2.11. The first kappa shape index (κ1) is 84.7. The molecule has 30 rings (SSSR count). The lowest BCUT2D eigenvalue weighted by atomic mass is 9.93. The number of hydrogen-bond acceptors (Lipinski definition) is 3. The minimum atomic E-state index is 1.11. The van der Waals surface area contributed by atoms with Crippen molar-refractivity contribution in [3.8, 4) is 28.2 Å². The van der Waals surface area contributed by atoms with E-state index >= 15 is 0 Å². The molecule has 0 saturated heterocycles. The number of nitrogens with zero attached hydrogens (tertiary/aromatic N) is 6. The van der Waals surface area contributed by atoms with E-state index in [2.05, 4.69) is 587 Å². The maximum atomic E-state index is 2.45. The summed E-state index contributed by atoms with van der Waals surface area (Å²) in [6.07, 6.45) is 0. The van der Waals surface area contributed by atoms with E-state index < -0.39 is 0 Å². The fraction of sp³-hybridized carbons (Fsp3) is 0. The highest BCUT2D eigenvalue weighted by Gasteiger charge is 2.28. The maximum absolute atomic E-state index is 2.45. The molecule has 6 nitrogen and oxygen atoms in total. The van der Waals surface area contributed by atoms with E-state index in [0.717, 1.165) is 62.6 Å². The van der Waals surface area contributed by atoms with Gasteiger partial charge in [-0.05, 0) is 248 Å². The van der Waals surface area contributed by atoms with Crippen LogP contribution in [-0.4, -0.2) is 13.7 Å². The zero-order valence-electron chi connectivity index (χ0n) is 79.8. The van der Waals surface area contributed by atoms with Crippen molar-refractivity contribution in [3.05, 3.63) is 558 Å². The molecule has 0 aliphatic heterocycles. The molecule has 0 atom stereocenters. The lowest BCUT2D eigenvalue weighted by Gasteiger charge is -2.28. The molecular formula is C140H92N6. The molecule has 146 heavy (non-hydrogen) atoms. The molecule has 6 heteroatoms. The molecule has 27 aromatic carbocycles. The second kappa shape index (κ2) is 35.4. The molecule has 0 amide bonds. The molecule has 0 saturated carbocycles. The molecule has 0 fully saturated rings. The molecule has 0 spiro atoms. The van der Waals surface area contributed by atoms with E-state index in [1.54, 1.807) is 0 Å². The third-order valence-electron chi connectivity index (χ3n) is 30.0. The number of fused-ring (bicyclic) bond motifs is 29. The van der Waals surface area contributed by atoms with Crippen LogP contribution in [0.15, 0.2) is 558 Å². The quantitative estimate of drug-likeness (QED) is 0.108. The van der Waals surface area contributed by atoms with Gasteiger partial charge in [0.15, 0.2) is 0 Å². The average Bonchev–Trinajstić information content (AvgIpc) is 1.44. The largest absolute Gasteiger partial charge is 0.310 e. The van der Waals surface area contributed by atoms with Crippen molar-refractivity contribution in [1.82, 2.24) is 13.7 Å². The first-order valence-electron chi connectivity index (χ1n) is 50.3. The Balaban J connectivity index is 0.000000106. The van der Waals surface area contributed by atoms with Crippen LogP contribution in [0.25, 0.3) is 212 Å². The molecule has 0 N–H and O–H groups in total. The van der Waals surface area contributed by atoms with E-state index in [9.17, 15) is 0 Å². The van der Waals surface area contributed by atoms with Gasteiger partial charge < -0.3 is 28.4 Å². The molecule has 3 aromatic heterocycles. The van der Waals surface area contributed by atoms with Gasteiger partial charge in [0.25, 0.3) is 0 Å². The molecule has 682 valence electrons. The topological polar surface area (TPSA) is 24.5 Å². The monoisotopic (exact) mass is 1860 g/mol. The first-order chi connectivity index (χ1) is 72.5. The summed E-state index contributed by atoms with van der Waals surface area (Å²) in [5.74, 6) is 0. The first-order valence-corrected chi connectivity index (χ1v) is 50.3. The Morgan fingerprint density at radius 3 is 0.760 bits per heavy atom. The Labute approximate surface area is 843 Å². The zero-order valence-corrected chi connectivity index (χ0v) is 79.8. The van der Waals surface area contributed by atoms with E-state index in [-0.39, 0.29) is 0 Å². The van der Waals surface area contributed by atoms with Crippen LogP contribution in [0.4, 0.5) is 51.2 Å². The standard InChI is InChI=1S/C48H32N2.2C46H30N2/c1-3-14-33(15-4-1)34-26-28-36(29-27-34)50-45-24-12-11-21-41(45)42-31-30-37(32-47(42)50)49(35-16-5-2-6-17-35)46-25-13-23-44-40-19-8-7-18-38(40)39-20-9-10-22-43(39)48(44)46;1-2-16-32(17-3-1)47(44-27-13-24-41-37-20-7-6-19-35(37)36-21-8-9-23-40(36)46(41)44)33-28-29-39-38-22-10-11-25-43(38)48(45(39)30-33)42-26-12-15-31-14-4-5-18-34(31)42;1-2-15-33(16-3-1)47(44-24-12-22-42-38-18-7-6-17-36(38)37-19-8-9-21-41(37)46(42)44)35-27-28-40-39-20-10-11-23-43(39)48(45(40)30-35)34-26-25-31-13-4-5-14-32(31)29-34/h1-32H;2*1-30H. The molecule has 0 aliphatic carbocycles. The third kappa shape index (κ3) is 14.1. The zero-order chi connectivity index (χ0) is 96.2. The predicted molar refractivity (Wildman–Crippen MR) is 624 cm³/mol. The molecule has 0 unspecified atom stereocenters. The summed E-state index contributed by atoms with van der Waals surface area (Å²) in [6.45, 7) is 0. The van der Waals surface area contributed by atoms with Crippen LogP contribution >= 0.6 is 0 Å². The summed E-state index contributed by atoms with van der Waals surface area (Å²) in [4.78, 5) is 7.31. The van der Waals surface area contributed by atoms with Crippen LogP contribution in [0.2, 0.25) is 0 Å². The van der Waals surface area contributed by atoms with E-state index in [1.165, 1.54) is 201 Å². The summed E-state index contributed by atoms with van der Waals surface area (Å²) in [5.41, 5.74) is 23.2. The third-order valence-corrected chi connectivity index (χ3v) is 30.0. The van der Waals surface area contributed by atoms with E-state index in [4.69, 9.17) is 0 Å². The lowest BCUT2D eigenvalue weighted by molar-refractivity contribution is 1.18. The van der Waals surface area contributed by atoms with Gasteiger partial charge in [-0.3, -0.25) is 0 Å². The number of anilines is 9. The Bertz CT molecular complexity index is 10300. The fourth-order valence-electron chi connectivity index (χ4n) is 23.6. The van der Waals surface area contributed by atoms with Gasteiger partial charge in [0, 0.05) is 99.4 Å². The molecule has 0 aliphatic rings. The Morgan fingerprint density at radius 1 is 0.123 bits per heavy atom. The summed E-state index contributed by atoms with van der Waals surface area (Å²) < 4.78 is 7.29. The number of rotatable bonds is 13. The number of para-hydroxylation sites is 6. The summed E-state index contributed by atoms with van der Waals surface area (Å²) in [5, 5.41) is 35.2. The van der Waals surface area contributed by atoms with Gasteiger partial charge in [-0.1, -0.05) is 419 Å². The van der Waals surface area contributed by atoms with Gasteiger partial charge in [-0.15, -0.1) is 0 Å². The molecule has 30 aromatic rings. The Kier molecular flexibility index (Phi) is 20.5. The second-order valence-corrected chi connectivity index (χ2v) is 38.0. The second-order valence-electron chi connectivity index (χ2n) is 38.0. The van der Waals surface area contributed by atoms with Gasteiger partial charge in [0.2, 0.25) is 0 Å². The predicted octanol–water partition coefficient (Wildman–Crippen LogP) is 39.1. The Hall–Kier alpha value is -19.4. The van der Waals surface area contributed by atoms with Crippen molar-refractivity contribution in [2.24, 2.45) is 0 Å².